The normalized spacial score (nSPS) is 23.0. The molecule has 7 heteroatoms. The van der Waals surface area contributed by atoms with Gasteiger partial charge in [-0.3, -0.25) is 14.5 Å². The summed E-state index contributed by atoms with van der Waals surface area (Å²) in [6, 6.07) is 2.91. The maximum atomic E-state index is 12.5. The molecule has 102 valence electrons. The fourth-order valence-corrected chi connectivity index (χ4v) is 3.24. The number of urea groups is 1. The number of carbonyl (C=O) groups is 3. The lowest BCUT2D eigenvalue weighted by Gasteiger charge is -2.29. The van der Waals surface area contributed by atoms with Crippen molar-refractivity contribution in [1.82, 2.24) is 10.2 Å². The van der Waals surface area contributed by atoms with Gasteiger partial charge in [0.15, 0.2) is 5.54 Å². The number of imide groups is 1. The maximum Gasteiger partial charge on any atom is 0.325 e. The van der Waals surface area contributed by atoms with Crippen LogP contribution in [-0.4, -0.2) is 34.5 Å². The summed E-state index contributed by atoms with van der Waals surface area (Å²) in [5.74, 6) is -1.90. The van der Waals surface area contributed by atoms with Crippen molar-refractivity contribution < 1.29 is 19.5 Å². The quantitative estimate of drug-likeness (QED) is 0.813. The first-order valence-electron chi connectivity index (χ1n) is 5.79. The molecule has 1 saturated heterocycles. The molecule has 3 amide bonds. The van der Waals surface area contributed by atoms with Gasteiger partial charge in [0.05, 0.1) is 0 Å². The second-order valence-corrected chi connectivity index (χ2v) is 5.60. The van der Waals surface area contributed by atoms with Gasteiger partial charge in [-0.05, 0) is 17.4 Å². The second-order valence-electron chi connectivity index (χ2n) is 4.66. The summed E-state index contributed by atoms with van der Waals surface area (Å²) in [5, 5.41) is 13.3. The molecule has 1 aromatic heterocycles. The Morgan fingerprint density at radius 3 is 2.68 bits per heavy atom. The molecule has 1 aromatic rings. The predicted molar refractivity (Wildman–Crippen MR) is 68.7 cm³/mol. The Labute approximate surface area is 114 Å². The first-order valence-corrected chi connectivity index (χ1v) is 6.67. The van der Waals surface area contributed by atoms with E-state index in [9.17, 15) is 14.4 Å². The summed E-state index contributed by atoms with van der Waals surface area (Å²) in [6.07, 6.45) is 0. The molecule has 2 rings (SSSR count). The topological polar surface area (TPSA) is 86.7 Å². The molecule has 0 aliphatic carbocycles. The van der Waals surface area contributed by atoms with E-state index in [-0.39, 0.29) is 5.92 Å². The lowest BCUT2D eigenvalue weighted by Crippen LogP contribution is -2.48. The van der Waals surface area contributed by atoms with Crippen LogP contribution in [0.2, 0.25) is 0 Å². The molecule has 0 radical (unpaired) electrons. The van der Waals surface area contributed by atoms with Gasteiger partial charge in [-0.1, -0.05) is 19.9 Å². The van der Waals surface area contributed by atoms with Crippen LogP contribution in [0.4, 0.5) is 4.79 Å². The summed E-state index contributed by atoms with van der Waals surface area (Å²) in [5.41, 5.74) is -1.15. The minimum atomic E-state index is -1.21. The molecule has 1 atom stereocenters. The highest BCUT2D eigenvalue weighted by Crippen LogP contribution is 2.38. The Morgan fingerprint density at radius 1 is 1.53 bits per heavy atom. The average Bonchev–Trinajstić information content (AvgIpc) is 2.91. The molecule has 0 bridgehead atoms. The zero-order valence-corrected chi connectivity index (χ0v) is 11.4. The van der Waals surface area contributed by atoms with E-state index in [4.69, 9.17) is 5.11 Å². The van der Waals surface area contributed by atoms with E-state index in [1.807, 2.05) is 19.2 Å². The maximum absolute atomic E-state index is 12.5. The predicted octanol–water partition coefficient (Wildman–Crippen LogP) is 1.24. The van der Waals surface area contributed by atoms with Crippen molar-refractivity contribution in [2.75, 3.05) is 6.54 Å². The highest BCUT2D eigenvalue weighted by molar-refractivity contribution is 7.10. The highest BCUT2D eigenvalue weighted by atomic mass is 32.1. The van der Waals surface area contributed by atoms with E-state index in [0.717, 1.165) is 4.90 Å². The molecular formula is C12H14N2O4S. The largest absolute Gasteiger partial charge is 0.480 e. The van der Waals surface area contributed by atoms with Gasteiger partial charge in [0, 0.05) is 4.88 Å². The molecule has 0 spiro atoms. The van der Waals surface area contributed by atoms with Crippen molar-refractivity contribution in [3.05, 3.63) is 22.4 Å². The minimum absolute atomic E-state index is 0.179. The van der Waals surface area contributed by atoms with Crippen LogP contribution in [-0.2, 0) is 15.1 Å². The van der Waals surface area contributed by atoms with Gasteiger partial charge in [-0.2, -0.15) is 0 Å². The van der Waals surface area contributed by atoms with Gasteiger partial charge >= 0.3 is 12.0 Å². The molecule has 1 fully saturated rings. The Balaban J connectivity index is 2.45. The van der Waals surface area contributed by atoms with Gasteiger partial charge in [-0.15, -0.1) is 11.3 Å². The van der Waals surface area contributed by atoms with E-state index in [0.29, 0.717) is 4.88 Å². The van der Waals surface area contributed by atoms with Crippen LogP contribution in [0.1, 0.15) is 18.7 Å². The Kier molecular flexibility index (Phi) is 3.32. The number of nitrogens with one attached hydrogen (secondary N) is 1. The third-order valence-electron chi connectivity index (χ3n) is 3.20. The van der Waals surface area contributed by atoms with Crippen LogP contribution >= 0.6 is 11.3 Å². The third-order valence-corrected chi connectivity index (χ3v) is 4.21. The van der Waals surface area contributed by atoms with Crippen LogP contribution in [0.5, 0.6) is 0 Å². The lowest BCUT2D eigenvalue weighted by molar-refractivity contribution is -0.143. The van der Waals surface area contributed by atoms with E-state index in [1.165, 1.54) is 11.3 Å². The van der Waals surface area contributed by atoms with Crippen LogP contribution < -0.4 is 5.32 Å². The number of amides is 3. The smallest absolute Gasteiger partial charge is 0.325 e. The highest BCUT2D eigenvalue weighted by Gasteiger charge is 2.55. The van der Waals surface area contributed by atoms with E-state index in [2.05, 4.69) is 5.32 Å². The monoisotopic (exact) mass is 282 g/mol. The van der Waals surface area contributed by atoms with Crippen molar-refractivity contribution in [1.29, 1.82) is 0 Å². The summed E-state index contributed by atoms with van der Waals surface area (Å²) in [7, 11) is 0. The Morgan fingerprint density at radius 2 is 2.21 bits per heavy atom. The van der Waals surface area contributed by atoms with Crippen LogP contribution in [0.25, 0.3) is 0 Å². The third kappa shape index (κ3) is 1.99. The molecule has 6 nitrogen and oxygen atoms in total. The van der Waals surface area contributed by atoms with Crippen LogP contribution in [0, 0.1) is 5.92 Å². The fraction of sp³-hybridized carbons (Fsp3) is 0.417. The molecule has 1 aliphatic heterocycles. The molecule has 0 saturated carbocycles. The molecular weight excluding hydrogens is 268 g/mol. The number of aliphatic carboxylic acids is 1. The van der Waals surface area contributed by atoms with E-state index < -0.39 is 30.0 Å². The van der Waals surface area contributed by atoms with Crippen LogP contribution in [0.3, 0.4) is 0 Å². The van der Waals surface area contributed by atoms with Gasteiger partial charge in [-0.25, -0.2) is 4.79 Å². The van der Waals surface area contributed by atoms with Crippen molar-refractivity contribution in [2.45, 2.75) is 19.4 Å². The van der Waals surface area contributed by atoms with Gasteiger partial charge in [0.1, 0.15) is 6.54 Å². The van der Waals surface area contributed by atoms with Crippen molar-refractivity contribution >= 4 is 29.2 Å². The molecule has 2 heterocycles. The zero-order valence-electron chi connectivity index (χ0n) is 10.5. The molecule has 1 aliphatic rings. The number of carboxylic acids is 1. The lowest BCUT2D eigenvalue weighted by atomic mass is 9.85. The van der Waals surface area contributed by atoms with Gasteiger partial charge < -0.3 is 10.4 Å². The van der Waals surface area contributed by atoms with Crippen LogP contribution in [0.15, 0.2) is 17.5 Å². The van der Waals surface area contributed by atoms with Gasteiger partial charge in [0.25, 0.3) is 5.91 Å². The number of hydrogen-bond acceptors (Lipinski definition) is 4. The first kappa shape index (κ1) is 13.5. The van der Waals surface area contributed by atoms with Crippen molar-refractivity contribution in [2.24, 2.45) is 5.92 Å². The standard InChI is InChI=1S/C12H14N2O4S/c1-7(2)12(8-4-3-5-19-8)10(17)14(6-9(15)16)11(18)13-12/h3-5,7H,6H2,1-2H3,(H,13,18)(H,15,16)/t12-/m0/s1. The molecule has 0 aromatic carbocycles. The number of rotatable bonds is 4. The van der Waals surface area contributed by atoms with E-state index in [1.54, 1.807) is 12.1 Å². The second kappa shape index (κ2) is 4.65. The molecule has 2 N–H and O–H groups in total. The SMILES string of the molecule is CC(C)[C@@]1(c2cccs2)NC(=O)N(CC(=O)O)C1=O. The molecule has 0 unspecified atom stereocenters. The first-order chi connectivity index (χ1) is 8.89. The number of hydrogen-bond donors (Lipinski definition) is 2. The summed E-state index contributed by atoms with van der Waals surface area (Å²) in [4.78, 5) is 36.6. The Hall–Kier alpha value is -1.89. The minimum Gasteiger partial charge on any atom is -0.480 e. The Bertz CT molecular complexity index is 526. The molecule has 19 heavy (non-hydrogen) atoms. The number of carboxylic acid groups (broad SMARTS) is 1. The summed E-state index contributed by atoms with van der Waals surface area (Å²) < 4.78 is 0. The summed E-state index contributed by atoms with van der Waals surface area (Å²) >= 11 is 1.36. The number of carbonyl (C=O) groups excluding carboxylic acids is 2. The van der Waals surface area contributed by atoms with Gasteiger partial charge in [0.2, 0.25) is 0 Å². The van der Waals surface area contributed by atoms with Crippen molar-refractivity contribution in [3.63, 3.8) is 0 Å². The fourth-order valence-electron chi connectivity index (χ4n) is 2.22. The summed E-state index contributed by atoms with van der Waals surface area (Å²) in [6.45, 7) is 3.02. The van der Waals surface area contributed by atoms with E-state index >= 15 is 0 Å². The number of thiophene rings is 1. The average molecular weight is 282 g/mol. The number of nitrogens with zero attached hydrogens (tertiary/aromatic N) is 1. The van der Waals surface area contributed by atoms with Crippen molar-refractivity contribution in [3.8, 4) is 0 Å². The zero-order chi connectivity index (χ0) is 14.2.